The van der Waals surface area contributed by atoms with Crippen molar-refractivity contribution in [2.24, 2.45) is 0 Å². The molecule has 0 aromatic heterocycles. The first kappa shape index (κ1) is 25.2. The maximum absolute atomic E-state index is 13.0. The first-order chi connectivity index (χ1) is 16.2. The zero-order valence-corrected chi connectivity index (χ0v) is 19.6. The van der Waals surface area contributed by atoms with Crippen molar-refractivity contribution >= 4 is 15.7 Å². The summed E-state index contributed by atoms with van der Waals surface area (Å²) >= 11 is 0. The monoisotopic (exact) mass is 486 g/mol. The molecule has 34 heavy (non-hydrogen) atoms. The summed E-state index contributed by atoms with van der Waals surface area (Å²) in [6, 6.07) is 17.9. The van der Waals surface area contributed by atoms with Gasteiger partial charge in [-0.25, -0.2) is 13.1 Å². The van der Waals surface area contributed by atoms with Gasteiger partial charge in [0.1, 0.15) is 0 Å². The number of aliphatic hydroxyl groups is 1. The van der Waals surface area contributed by atoms with Crippen molar-refractivity contribution in [3.63, 3.8) is 0 Å². The Hall–Kier alpha value is -3.47. The van der Waals surface area contributed by atoms with Crippen molar-refractivity contribution in [1.29, 1.82) is 0 Å². The predicted molar refractivity (Wildman–Crippen MR) is 126 cm³/mol. The summed E-state index contributed by atoms with van der Waals surface area (Å²) in [5.74, 6) is 1.12. The predicted octanol–water partition coefficient (Wildman–Crippen LogP) is 3.63. The van der Waals surface area contributed by atoms with Gasteiger partial charge in [0.2, 0.25) is 10.0 Å². The van der Waals surface area contributed by atoms with E-state index in [-0.39, 0.29) is 17.0 Å². The number of hydrogen-bond acceptors (Lipinski definition) is 7. The van der Waals surface area contributed by atoms with Crippen molar-refractivity contribution in [3.8, 4) is 11.5 Å². The highest BCUT2D eigenvalue weighted by atomic mass is 32.2. The van der Waals surface area contributed by atoms with Gasteiger partial charge >= 0.3 is 0 Å². The molecule has 0 bridgehead atoms. The van der Waals surface area contributed by atoms with Crippen LogP contribution in [-0.2, 0) is 16.4 Å². The minimum Gasteiger partial charge on any atom is -0.493 e. The van der Waals surface area contributed by atoms with Crippen LogP contribution in [-0.4, -0.2) is 38.7 Å². The molecule has 0 aliphatic heterocycles. The average Bonchev–Trinajstić information content (AvgIpc) is 2.86. The topological polar surface area (TPSA) is 128 Å². The van der Waals surface area contributed by atoms with Crippen molar-refractivity contribution in [3.05, 3.63) is 94.0 Å². The normalized spacial score (nSPS) is 13.1. The van der Waals surface area contributed by atoms with Crippen LogP contribution in [0.15, 0.2) is 77.7 Å². The molecule has 2 atom stereocenters. The second-order valence-corrected chi connectivity index (χ2v) is 9.28. The van der Waals surface area contributed by atoms with Gasteiger partial charge in [0.05, 0.1) is 36.2 Å². The SMILES string of the molecule is COc1ccc(CC[C@@H](NS(=O)(=O)c2ccc([N+](=O)[O-])cc2)C(O)c2ccccc2)cc1OC. The van der Waals surface area contributed by atoms with E-state index < -0.39 is 27.1 Å². The minimum absolute atomic E-state index is 0.130. The van der Waals surface area contributed by atoms with Crippen molar-refractivity contribution in [2.45, 2.75) is 29.9 Å². The van der Waals surface area contributed by atoms with Gasteiger partial charge in [0, 0.05) is 12.1 Å². The summed E-state index contributed by atoms with van der Waals surface area (Å²) in [5, 5.41) is 21.9. The van der Waals surface area contributed by atoms with Crippen LogP contribution in [0.3, 0.4) is 0 Å². The standard InChI is InChI=1S/C24H26N2O7S/c1-32-22-15-9-17(16-23(22)33-2)8-14-21(24(27)18-6-4-3-5-7-18)25-34(30,31)20-12-10-19(11-13-20)26(28)29/h3-7,9-13,15-16,21,24-25,27H,8,14H2,1-2H3/t21-,24?/m1/s1. The number of nitro benzene ring substituents is 1. The Bertz CT molecular complexity index is 1220. The molecule has 2 N–H and O–H groups in total. The number of hydrogen-bond donors (Lipinski definition) is 2. The van der Waals surface area contributed by atoms with Crippen LogP contribution in [0.1, 0.15) is 23.7 Å². The van der Waals surface area contributed by atoms with Crippen molar-refractivity contribution in [1.82, 2.24) is 4.72 Å². The quantitative estimate of drug-likeness (QED) is 0.313. The second kappa shape index (κ2) is 11.1. The van der Waals surface area contributed by atoms with Gasteiger partial charge in [-0.05, 0) is 48.2 Å². The lowest BCUT2D eigenvalue weighted by Gasteiger charge is -2.25. The summed E-state index contributed by atoms with van der Waals surface area (Å²) in [6.07, 6.45) is -0.399. The number of nitrogens with one attached hydrogen (secondary N) is 1. The maximum Gasteiger partial charge on any atom is 0.269 e. The third kappa shape index (κ3) is 6.10. The number of nitrogens with zero attached hydrogens (tertiary/aromatic N) is 1. The highest BCUT2D eigenvalue weighted by Gasteiger charge is 2.27. The number of rotatable bonds is 11. The van der Waals surface area contributed by atoms with E-state index in [2.05, 4.69) is 4.72 Å². The molecular weight excluding hydrogens is 460 g/mol. The van der Waals surface area contributed by atoms with E-state index in [0.717, 1.165) is 17.7 Å². The van der Waals surface area contributed by atoms with Crippen LogP contribution in [0.2, 0.25) is 0 Å². The summed E-state index contributed by atoms with van der Waals surface area (Å²) in [7, 11) is -0.992. The number of ether oxygens (including phenoxy) is 2. The van der Waals surface area contributed by atoms with Crippen LogP contribution >= 0.6 is 0 Å². The molecule has 180 valence electrons. The Labute approximate surface area is 198 Å². The Morgan fingerprint density at radius 1 is 0.971 bits per heavy atom. The molecule has 3 aromatic carbocycles. The van der Waals surface area contributed by atoms with E-state index in [9.17, 15) is 23.6 Å². The van der Waals surface area contributed by atoms with Gasteiger partial charge in [-0.15, -0.1) is 0 Å². The smallest absolute Gasteiger partial charge is 0.269 e. The second-order valence-electron chi connectivity index (χ2n) is 7.56. The summed E-state index contributed by atoms with van der Waals surface area (Å²) in [4.78, 5) is 10.2. The van der Waals surface area contributed by atoms with Gasteiger partial charge < -0.3 is 14.6 Å². The molecule has 1 unspecified atom stereocenters. The number of aryl methyl sites for hydroxylation is 1. The van der Waals surface area contributed by atoms with Crippen LogP contribution in [0.25, 0.3) is 0 Å². The van der Waals surface area contributed by atoms with Gasteiger partial charge in [0.25, 0.3) is 5.69 Å². The molecule has 3 rings (SSSR count). The zero-order chi connectivity index (χ0) is 24.7. The Morgan fingerprint density at radius 3 is 2.21 bits per heavy atom. The molecule has 0 saturated carbocycles. The highest BCUT2D eigenvalue weighted by molar-refractivity contribution is 7.89. The van der Waals surface area contributed by atoms with Gasteiger partial charge in [-0.3, -0.25) is 10.1 Å². The molecule has 0 saturated heterocycles. The van der Waals surface area contributed by atoms with Crippen LogP contribution in [0.4, 0.5) is 5.69 Å². The fraction of sp³-hybridized carbons (Fsp3) is 0.250. The number of nitro groups is 1. The minimum atomic E-state index is -4.06. The van der Waals surface area contributed by atoms with E-state index in [0.29, 0.717) is 23.5 Å². The number of benzene rings is 3. The van der Waals surface area contributed by atoms with Gasteiger partial charge in [-0.2, -0.15) is 0 Å². The lowest BCUT2D eigenvalue weighted by atomic mass is 9.97. The van der Waals surface area contributed by atoms with Crippen molar-refractivity contribution < 1.29 is 27.9 Å². The summed E-state index contributed by atoms with van der Waals surface area (Å²) in [5.41, 5.74) is 1.22. The van der Waals surface area contributed by atoms with E-state index in [1.807, 2.05) is 6.07 Å². The third-order valence-corrected chi connectivity index (χ3v) is 6.88. The summed E-state index contributed by atoms with van der Waals surface area (Å²) < 4.78 is 39.2. The van der Waals surface area contributed by atoms with Gasteiger partial charge in [-0.1, -0.05) is 36.4 Å². The maximum atomic E-state index is 13.0. The van der Waals surface area contributed by atoms with Crippen LogP contribution in [0, 0.1) is 10.1 Å². The molecule has 0 amide bonds. The molecular formula is C24H26N2O7S. The first-order valence-electron chi connectivity index (χ1n) is 10.5. The average molecular weight is 487 g/mol. The zero-order valence-electron chi connectivity index (χ0n) is 18.7. The Balaban J connectivity index is 1.85. The Morgan fingerprint density at radius 2 is 1.62 bits per heavy atom. The van der Waals surface area contributed by atoms with E-state index in [1.165, 1.54) is 26.4 Å². The highest BCUT2D eigenvalue weighted by Crippen LogP contribution is 2.29. The lowest BCUT2D eigenvalue weighted by Crippen LogP contribution is -2.39. The fourth-order valence-electron chi connectivity index (χ4n) is 3.54. The molecule has 0 fully saturated rings. The molecule has 0 spiro atoms. The fourth-order valence-corrected chi connectivity index (χ4v) is 4.81. The molecule has 9 nitrogen and oxygen atoms in total. The Kier molecular flexibility index (Phi) is 8.21. The van der Waals surface area contributed by atoms with E-state index >= 15 is 0 Å². The first-order valence-corrected chi connectivity index (χ1v) is 11.9. The molecule has 3 aromatic rings. The third-order valence-electron chi connectivity index (χ3n) is 5.38. The molecule has 0 radical (unpaired) electrons. The van der Waals surface area contributed by atoms with Crippen molar-refractivity contribution in [2.75, 3.05) is 14.2 Å². The van der Waals surface area contributed by atoms with Crippen LogP contribution < -0.4 is 14.2 Å². The van der Waals surface area contributed by atoms with Gasteiger partial charge in [0.15, 0.2) is 11.5 Å². The molecule has 0 heterocycles. The van der Waals surface area contributed by atoms with Crippen LogP contribution in [0.5, 0.6) is 11.5 Å². The molecule has 0 aliphatic carbocycles. The largest absolute Gasteiger partial charge is 0.493 e. The number of sulfonamides is 1. The van der Waals surface area contributed by atoms with E-state index in [4.69, 9.17) is 9.47 Å². The van der Waals surface area contributed by atoms with E-state index in [1.54, 1.807) is 42.5 Å². The number of non-ortho nitro benzene ring substituents is 1. The molecule has 10 heteroatoms. The summed E-state index contributed by atoms with van der Waals surface area (Å²) in [6.45, 7) is 0. The number of methoxy groups -OCH3 is 2. The number of aliphatic hydroxyl groups excluding tert-OH is 1. The molecule has 0 aliphatic rings. The lowest BCUT2D eigenvalue weighted by molar-refractivity contribution is -0.384.